The minimum absolute atomic E-state index is 0.0242. The van der Waals surface area contributed by atoms with Gasteiger partial charge >= 0.3 is 0 Å². The molecule has 3 atom stereocenters. The Bertz CT molecular complexity index is 369. The van der Waals surface area contributed by atoms with Crippen LogP contribution in [0.2, 0.25) is 5.02 Å². The maximum atomic E-state index is 9.36. The van der Waals surface area contributed by atoms with Crippen molar-refractivity contribution in [2.45, 2.75) is 38.5 Å². The highest BCUT2D eigenvalue weighted by atomic mass is 35.5. The molecule has 0 bridgehead atoms. The monoisotopic (exact) mass is 270 g/mol. The first kappa shape index (κ1) is 15.4. The van der Waals surface area contributed by atoms with Gasteiger partial charge in [0.05, 0.1) is 12.1 Å². The average molecular weight is 271 g/mol. The van der Waals surface area contributed by atoms with E-state index in [1.165, 1.54) is 0 Å². The van der Waals surface area contributed by atoms with E-state index in [0.29, 0.717) is 0 Å². The van der Waals surface area contributed by atoms with Gasteiger partial charge in [0.25, 0.3) is 0 Å². The van der Waals surface area contributed by atoms with E-state index in [4.69, 9.17) is 17.3 Å². The molecule has 3 unspecified atom stereocenters. The predicted molar refractivity (Wildman–Crippen MR) is 76.8 cm³/mol. The molecule has 0 saturated carbocycles. The lowest BCUT2D eigenvalue weighted by atomic mass is 9.99. The van der Waals surface area contributed by atoms with E-state index in [1.807, 2.05) is 38.2 Å². The van der Waals surface area contributed by atoms with Gasteiger partial charge in [0.15, 0.2) is 0 Å². The molecule has 1 aromatic carbocycles. The van der Waals surface area contributed by atoms with Crippen molar-refractivity contribution in [1.29, 1.82) is 0 Å². The van der Waals surface area contributed by atoms with Crippen molar-refractivity contribution < 1.29 is 5.11 Å². The van der Waals surface area contributed by atoms with Crippen molar-refractivity contribution >= 4 is 11.6 Å². The molecule has 0 spiro atoms. The number of aliphatic hydroxyl groups is 1. The lowest BCUT2D eigenvalue weighted by molar-refractivity contribution is 0.143. The van der Waals surface area contributed by atoms with Crippen LogP contribution in [-0.2, 0) is 0 Å². The molecule has 0 aliphatic heterocycles. The molecule has 0 aliphatic carbocycles. The maximum absolute atomic E-state index is 9.36. The SMILES string of the molecule is CC(O)CCN(C)C(c1ccccc1Cl)C(C)N. The molecule has 0 amide bonds. The highest BCUT2D eigenvalue weighted by molar-refractivity contribution is 6.31. The Balaban J connectivity index is 2.86. The van der Waals surface area contributed by atoms with Crippen LogP contribution in [0, 0.1) is 0 Å². The fraction of sp³-hybridized carbons (Fsp3) is 0.571. The average Bonchev–Trinajstić information content (AvgIpc) is 2.29. The van der Waals surface area contributed by atoms with Gasteiger partial charge in [0.2, 0.25) is 0 Å². The van der Waals surface area contributed by atoms with Gasteiger partial charge in [0, 0.05) is 17.6 Å². The van der Waals surface area contributed by atoms with Crippen molar-refractivity contribution in [3.8, 4) is 0 Å². The van der Waals surface area contributed by atoms with Gasteiger partial charge in [0.1, 0.15) is 0 Å². The highest BCUT2D eigenvalue weighted by Crippen LogP contribution is 2.28. The normalized spacial score (nSPS) is 16.6. The van der Waals surface area contributed by atoms with Crippen molar-refractivity contribution in [2.24, 2.45) is 5.73 Å². The first-order chi connectivity index (χ1) is 8.43. The third-order valence-corrected chi connectivity index (χ3v) is 3.44. The molecule has 0 aliphatic rings. The Morgan fingerprint density at radius 1 is 1.33 bits per heavy atom. The molecule has 0 fully saturated rings. The molecule has 0 saturated heterocycles. The molecular formula is C14H23ClN2O. The summed E-state index contributed by atoms with van der Waals surface area (Å²) in [7, 11) is 2.01. The Labute approximate surface area is 115 Å². The lowest BCUT2D eigenvalue weighted by Gasteiger charge is -2.32. The van der Waals surface area contributed by atoms with Gasteiger partial charge in [-0.3, -0.25) is 4.90 Å². The van der Waals surface area contributed by atoms with E-state index in [0.717, 1.165) is 23.6 Å². The quantitative estimate of drug-likeness (QED) is 0.835. The largest absolute Gasteiger partial charge is 0.393 e. The summed E-state index contributed by atoms with van der Waals surface area (Å²) >= 11 is 6.24. The summed E-state index contributed by atoms with van der Waals surface area (Å²) in [5.41, 5.74) is 7.13. The molecular weight excluding hydrogens is 248 g/mol. The van der Waals surface area contributed by atoms with E-state index in [-0.39, 0.29) is 18.2 Å². The van der Waals surface area contributed by atoms with Gasteiger partial charge in [-0.05, 0) is 38.9 Å². The number of hydrogen-bond acceptors (Lipinski definition) is 3. The van der Waals surface area contributed by atoms with E-state index in [1.54, 1.807) is 6.92 Å². The van der Waals surface area contributed by atoms with Crippen LogP contribution in [0.4, 0.5) is 0 Å². The first-order valence-electron chi connectivity index (χ1n) is 6.31. The molecule has 18 heavy (non-hydrogen) atoms. The maximum Gasteiger partial charge on any atom is 0.0524 e. The first-order valence-corrected chi connectivity index (χ1v) is 6.69. The second-order valence-electron chi connectivity index (χ2n) is 4.94. The van der Waals surface area contributed by atoms with Gasteiger partial charge < -0.3 is 10.8 Å². The minimum atomic E-state index is -0.299. The van der Waals surface area contributed by atoms with Crippen LogP contribution in [0.1, 0.15) is 31.9 Å². The van der Waals surface area contributed by atoms with Crippen LogP contribution < -0.4 is 5.73 Å². The van der Waals surface area contributed by atoms with Crippen LogP contribution in [0.5, 0.6) is 0 Å². The second kappa shape index (κ2) is 7.10. The van der Waals surface area contributed by atoms with Crippen molar-refractivity contribution in [3.63, 3.8) is 0 Å². The summed E-state index contributed by atoms with van der Waals surface area (Å²) in [6.07, 6.45) is 0.428. The molecule has 3 nitrogen and oxygen atoms in total. The van der Waals surface area contributed by atoms with Crippen LogP contribution in [0.15, 0.2) is 24.3 Å². The Morgan fingerprint density at radius 3 is 2.44 bits per heavy atom. The van der Waals surface area contributed by atoms with E-state index in [9.17, 15) is 5.11 Å². The molecule has 0 aromatic heterocycles. The zero-order valence-electron chi connectivity index (χ0n) is 11.3. The third-order valence-electron chi connectivity index (χ3n) is 3.10. The summed E-state index contributed by atoms with van der Waals surface area (Å²) in [4.78, 5) is 2.15. The zero-order valence-corrected chi connectivity index (χ0v) is 12.1. The summed E-state index contributed by atoms with van der Waals surface area (Å²) in [5, 5.41) is 10.1. The summed E-state index contributed by atoms with van der Waals surface area (Å²) in [6.45, 7) is 4.56. The second-order valence-corrected chi connectivity index (χ2v) is 5.35. The molecule has 1 aromatic rings. The molecule has 1 rings (SSSR count). The standard InChI is InChI=1S/C14H23ClN2O/c1-10(18)8-9-17(3)14(11(2)16)12-6-4-5-7-13(12)15/h4-7,10-11,14,18H,8-9,16H2,1-3H3. The molecule has 3 N–H and O–H groups in total. The predicted octanol–water partition coefficient (Wildman–Crippen LogP) is 2.43. The van der Waals surface area contributed by atoms with Crippen LogP contribution in [-0.4, -0.2) is 35.7 Å². The summed E-state index contributed by atoms with van der Waals surface area (Å²) in [5.74, 6) is 0. The Hall–Kier alpha value is -0.610. The number of halogens is 1. The molecule has 102 valence electrons. The molecule has 4 heteroatoms. The fourth-order valence-electron chi connectivity index (χ4n) is 2.17. The number of aliphatic hydroxyl groups excluding tert-OH is 1. The van der Waals surface area contributed by atoms with E-state index in [2.05, 4.69) is 4.90 Å². The Kier molecular flexibility index (Phi) is 6.09. The van der Waals surface area contributed by atoms with Gasteiger partial charge in [-0.15, -0.1) is 0 Å². The van der Waals surface area contributed by atoms with Crippen LogP contribution >= 0.6 is 11.6 Å². The Morgan fingerprint density at radius 2 is 1.94 bits per heavy atom. The number of nitrogens with zero attached hydrogens (tertiary/aromatic N) is 1. The number of nitrogens with two attached hydrogens (primary N) is 1. The summed E-state index contributed by atoms with van der Waals surface area (Å²) < 4.78 is 0. The summed E-state index contributed by atoms with van der Waals surface area (Å²) in [6, 6.07) is 7.82. The highest BCUT2D eigenvalue weighted by Gasteiger charge is 2.23. The lowest BCUT2D eigenvalue weighted by Crippen LogP contribution is -2.38. The van der Waals surface area contributed by atoms with Crippen molar-refractivity contribution in [2.75, 3.05) is 13.6 Å². The number of likely N-dealkylation sites (N-methyl/N-ethyl adjacent to an activating group) is 1. The van der Waals surface area contributed by atoms with Gasteiger partial charge in [-0.1, -0.05) is 29.8 Å². The molecule has 0 radical (unpaired) electrons. The third kappa shape index (κ3) is 4.25. The number of rotatable bonds is 6. The van der Waals surface area contributed by atoms with Crippen LogP contribution in [0.3, 0.4) is 0 Å². The van der Waals surface area contributed by atoms with Crippen molar-refractivity contribution in [1.82, 2.24) is 4.90 Å². The van der Waals surface area contributed by atoms with Gasteiger partial charge in [-0.2, -0.15) is 0 Å². The van der Waals surface area contributed by atoms with E-state index >= 15 is 0 Å². The smallest absolute Gasteiger partial charge is 0.0524 e. The van der Waals surface area contributed by atoms with E-state index < -0.39 is 0 Å². The zero-order chi connectivity index (χ0) is 13.7. The minimum Gasteiger partial charge on any atom is -0.393 e. The van der Waals surface area contributed by atoms with Gasteiger partial charge in [-0.25, -0.2) is 0 Å². The fourth-order valence-corrected chi connectivity index (χ4v) is 2.41. The topological polar surface area (TPSA) is 49.5 Å². The van der Waals surface area contributed by atoms with Crippen LogP contribution in [0.25, 0.3) is 0 Å². The molecule has 0 heterocycles. The van der Waals surface area contributed by atoms with Crippen molar-refractivity contribution in [3.05, 3.63) is 34.9 Å². The number of hydrogen-bond donors (Lipinski definition) is 2. The number of benzene rings is 1.